The molecule has 48 nitrogen and oxygen atoms in total. The number of ether oxygens (including phenoxy) is 1. The third-order valence-corrected chi connectivity index (χ3v) is 26.2. The molecule has 3 aliphatic rings. The van der Waals surface area contributed by atoms with Crippen LogP contribution >= 0.6 is 11.8 Å². The molecule has 3 fully saturated rings. The van der Waals surface area contributed by atoms with Gasteiger partial charge in [-0.05, 0) is 143 Å². The second-order valence-corrected chi connectivity index (χ2v) is 39.3. The third kappa shape index (κ3) is 41.9. The number of aliphatic hydroxyl groups excluding tert-OH is 3. The van der Waals surface area contributed by atoms with Crippen LogP contribution in [0.25, 0.3) is 11.1 Å². The number of benzene rings is 4. The number of hydrogen-bond acceptors (Lipinski definition) is 26. The van der Waals surface area contributed by atoms with E-state index in [4.69, 9.17) is 27.3 Å². The molecular weight excluding hydrogens is 1960 g/mol. The Labute approximate surface area is 867 Å². The molecular formula is C100H144N22O26S. The summed E-state index contributed by atoms with van der Waals surface area (Å²) in [5, 5.41) is 103. The average molecular weight is 2100 g/mol. The van der Waals surface area contributed by atoms with Gasteiger partial charge < -0.3 is 143 Å². The van der Waals surface area contributed by atoms with Gasteiger partial charge in [-0.2, -0.15) is 0 Å². The maximum absolute atomic E-state index is 15.5. The highest BCUT2D eigenvalue weighted by Gasteiger charge is 2.42. The number of nitrogens with one attached hydrogen (secondary N) is 18. The number of carbonyl (C=O) groups is 20. The predicted molar refractivity (Wildman–Crippen MR) is 544 cm³/mol. The zero-order valence-electron chi connectivity index (χ0n) is 84.9. The molecule has 1 heterocycles. The lowest BCUT2D eigenvalue weighted by Gasteiger charge is -2.32. The number of carbonyl (C=O) groups excluding carboxylic acids is 18. The van der Waals surface area contributed by atoms with Crippen molar-refractivity contribution in [1.82, 2.24) is 95.3 Å². The van der Waals surface area contributed by atoms with Crippen LogP contribution in [0.5, 0.6) is 5.75 Å². The van der Waals surface area contributed by atoms with Crippen LogP contribution < -0.4 is 112 Å². The van der Waals surface area contributed by atoms with Gasteiger partial charge >= 0.3 is 18.0 Å². The van der Waals surface area contributed by atoms with Gasteiger partial charge in [-0.1, -0.05) is 156 Å². The SMILES string of the molecule is Cc1cccc(C[C@@H]2NC(=O)[C@H](CC(=O)O)NC(=O)[C@H](Cc3ccc(OCC(=O)O)cc3)NC(=O)[C@H](CCCNC(=O)C3CC3)NC(=O)CSC[C@@H](C(=O)N[C@@H](CO)C(N)=O)NC(=O)[C@H](CO)NC(=O)[C@H](C(C)O)NC(=O)C(CC3CCCCC3)NC(=O)[C@H](CCCNC(=N)N)NC(=O)[C@@H](CC(C)C)NC(=O)[C@H](C)N(C)C(=O)[C@H](CCCNC(N)=O)NC(=O)[C@H](Cc3ccc(-c4ccccc4)cc3)NC(=O)[C@H](C(C)C)NC2=O)c1. The number of aliphatic carboxylic acids is 2. The topological polar surface area (TPSA) is 761 Å². The first-order valence-electron chi connectivity index (χ1n) is 49.7. The number of aliphatic hydroxyl groups is 3. The summed E-state index contributed by atoms with van der Waals surface area (Å²) in [6, 6.07) is 0.809. The molecule has 4 aromatic rings. The molecule has 1 saturated heterocycles. The lowest BCUT2D eigenvalue weighted by atomic mass is 9.84. The van der Waals surface area contributed by atoms with Crippen molar-refractivity contribution < 1.29 is 126 Å². The van der Waals surface area contributed by atoms with Crippen LogP contribution in [0.4, 0.5) is 4.79 Å². The molecule has 0 spiro atoms. The van der Waals surface area contributed by atoms with Crippen LogP contribution in [0.1, 0.15) is 167 Å². The van der Waals surface area contributed by atoms with Crippen LogP contribution in [0.2, 0.25) is 0 Å². The highest BCUT2D eigenvalue weighted by Crippen LogP contribution is 2.30. The van der Waals surface area contributed by atoms with Gasteiger partial charge in [-0.25, -0.2) is 9.59 Å². The normalized spacial score (nSPS) is 23.5. The van der Waals surface area contributed by atoms with Gasteiger partial charge in [0, 0.05) is 57.6 Å². The first-order chi connectivity index (χ1) is 70.7. The van der Waals surface area contributed by atoms with Crippen LogP contribution in [0.3, 0.4) is 0 Å². The zero-order chi connectivity index (χ0) is 110. The lowest BCUT2D eigenvalue weighted by molar-refractivity contribution is -0.143. The maximum Gasteiger partial charge on any atom is 0.341 e. The smallest absolute Gasteiger partial charge is 0.341 e. The molecule has 16 atom stereocenters. The van der Waals surface area contributed by atoms with Crippen LogP contribution in [-0.4, -0.2) is 310 Å². The monoisotopic (exact) mass is 2100 g/mol. The number of aryl methyl sites for hydroxylation is 1. The van der Waals surface area contributed by atoms with Crippen molar-refractivity contribution >= 4 is 136 Å². The summed E-state index contributed by atoms with van der Waals surface area (Å²) in [5.41, 5.74) is 19.8. The maximum atomic E-state index is 15.5. The first kappa shape index (κ1) is 121. The molecule has 1 aliphatic heterocycles. The van der Waals surface area contributed by atoms with E-state index in [1.807, 2.05) is 30.3 Å². The van der Waals surface area contributed by atoms with Crippen LogP contribution in [0.15, 0.2) is 103 Å². The molecule has 149 heavy (non-hydrogen) atoms. The van der Waals surface area contributed by atoms with E-state index in [0.29, 0.717) is 67.0 Å². The van der Waals surface area contributed by atoms with E-state index in [0.717, 1.165) is 29.4 Å². The summed E-state index contributed by atoms with van der Waals surface area (Å²) in [7, 11) is 1.23. The molecule has 2 unspecified atom stereocenters. The van der Waals surface area contributed by atoms with E-state index in [1.54, 1.807) is 69.3 Å². The van der Waals surface area contributed by atoms with Gasteiger partial charge in [0.15, 0.2) is 12.6 Å². The minimum absolute atomic E-state index is 0.0140. The van der Waals surface area contributed by atoms with E-state index >= 15 is 43.2 Å². The molecule has 7 rings (SSSR count). The molecule has 2 saturated carbocycles. The van der Waals surface area contributed by atoms with Crippen molar-refractivity contribution in [2.45, 2.75) is 267 Å². The van der Waals surface area contributed by atoms with Crippen molar-refractivity contribution in [3.63, 3.8) is 0 Å². The number of primary amides is 2. The van der Waals surface area contributed by atoms with Crippen LogP contribution in [0, 0.1) is 36.0 Å². The Hall–Kier alpha value is -14.6. The number of amides is 19. The average Bonchev–Trinajstić information content (AvgIpc) is 1.08. The van der Waals surface area contributed by atoms with Crippen molar-refractivity contribution in [2.24, 2.45) is 40.9 Å². The molecule has 2 aliphatic carbocycles. The largest absolute Gasteiger partial charge is 0.482 e. The molecule has 49 heteroatoms. The molecule has 0 bridgehead atoms. The molecule has 19 amide bonds. The number of thioether (sulfide) groups is 1. The Balaban J connectivity index is 1.36. The van der Waals surface area contributed by atoms with E-state index in [2.05, 4.69) is 90.4 Å². The van der Waals surface area contributed by atoms with Crippen molar-refractivity contribution in [3.8, 4) is 16.9 Å². The van der Waals surface area contributed by atoms with Crippen molar-refractivity contribution in [3.05, 3.63) is 125 Å². The predicted octanol–water partition coefficient (Wildman–Crippen LogP) is -3.45. The summed E-state index contributed by atoms with van der Waals surface area (Å²) >= 11 is 0.588. The zero-order valence-corrected chi connectivity index (χ0v) is 85.7. The minimum atomic E-state index is -2.15. The fourth-order valence-electron chi connectivity index (χ4n) is 16.6. The number of nitrogens with zero attached hydrogens (tertiary/aromatic N) is 1. The lowest BCUT2D eigenvalue weighted by Crippen LogP contribution is -2.63. The van der Waals surface area contributed by atoms with E-state index in [9.17, 15) is 78.3 Å². The number of carboxylic acids is 2. The van der Waals surface area contributed by atoms with Crippen molar-refractivity contribution in [1.29, 1.82) is 5.41 Å². The highest BCUT2D eigenvalue weighted by molar-refractivity contribution is 8.00. The summed E-state index contributed by atoms with van der Waals surface area (Å²) in [6.45, 7) is 7.22. The van der Waals surface area contributed by atoms with Gasteiger partial charge in [0.25, 0.3) is 0 Å². The number of rotatable bonds is 36. The van der Waals surface area contributed by atoms with Gasteiger partial charge in [0.05, 0.1) is 31.5 Å². The number of hydrogen-bond donors (Lipinski definition) is 26. The molecule has 0 radical (unpaired) electrons. The van der Waals surface area contributed by atoms with E-state index in [1.165, 1.54) is 52.1 Å². The van der Waals surface area contributed by atoms with Crippen LogP contribution in [-0.2, 0) is 110 Å². The summed E-state index contributed by atoms with van der Waals surface area (Å²) in [5.74, 6) is -24.9. The molecule has 29 N–H and O–H groups in total. The Kier molecular flexibility index (Phi) is 49.9. The second-order valence-electron chi connectivity index (χ2n) is 38.2. The Morgan fingerprint density at radius 2 is 0.966 bits per heavy atom. The number of urea groups is 1. The van der Waals surface area contributed by atoms with Gasteiger partial charge in [-0.15, -0.1) is 11.8 Å². The molecule has 816 valence electrons. The number of guanidine groups is 1. The summed E-state index contributed by atoms with van der Waals surface area (Å²) in [4.78, 5) is 288. The first-order valence-corrected chi connectivity index (χ1v) is 50.9. The van der Waals surface area contributed by atoms with E-state index in [-0.39, 0.29) is 112 Å². The fraction of sp³-hybridized carbons (Fsp3) is 0.550. The Morgan fingerprint density at radius 1 is 0.490 bits per heavy atom. The quantitative estimate of drug-likeness (QED) is 0.0120. The second kappa shape index (κ2) is 61.2. The molecule has 4 aromatic carbocycles. The Bertz CT molecular complexity index is 5290. The number of carboxylic acid groups (broad SMARTS) is 2. The van der Waals surface area contributed by atoms with E-state index < -0.39 is 272 Å². The fourth-order valence-corrected chi connectivity index (χ4v) is 17.4. The molecule has 0 aromatic heterocycles. The van der Waals surface area contributed by atoms with Gasteiger partial charge in [-0.3, -0.25) is 91.7 Å². The van der Waals surface area contributed by atoms with Gasteiger partial charge in [0.2, 0.25) is 100 Å². The standard InChI is InChI=1S/C100H144N22O26S/c1-53(2)41-69-88(136)109-67(26-17-39-106-99(102)103)87(135)113-72(43-58-20-11-9-12-21-58)93(141)121-82(57(7)125)97(145)118-76(49-124)94(142)119-77(95(143)117-75(48-123)83(101)131)51-149-52-78(126)108-66(25-16-38-105-85(133)64-34-35-64)86(134)112-70(45-60-30-36-65(37-31-60)148-50-80(129)130)90(138)115-74(47-79(127)128)91(139)114-73(46-61-22-15-19-55(5)42-61)92(140)120-81(54(3)4)96(144)116-71(44-59-28-32-63(33-29-59)62-23-13-10-14-24-62)89(137)110-68(27-18-40-107-100(104)147)98(146)122(8)56(6)84(132)111-69/h10,13-15,19,22-24,28-33,36-37,42,53-54,56-58,64,66-77,81-82,123-125H,9,11-12,16-18,20-21,25-27,34-35,38-41,43-52H2,1-8H3,(H2,101,131)(H,105,133)(H,108,126)(H,109,136)(H,110,137)(H,111,132)(H,112,134)(H,113,135)(H,114,139)(H,115,138)(H,116,144)(H,117,143)(H,118,145)(H,119,142)(H,120,140)(H,121,141)(H,127,128)(H,129,130)(H4,102,103,106)(H3,104,107,147)/t56-,57?,66-,67-,68-,69+,70-,71-,72?,73-,74-,75-,76-,77-,81-,82-/m0/s1. The summed E-state index contributed by atoms with van der Waals surface area (Å²) < 4.78 is 5.32. The summed E-state index contributed by atoms with van der Waals surface area (Å²) in [6.07, 6.45) is -0.840. The number of nitrogens with two attached hydrogens (primary N) is 3. The minimum Gasteiger partial charge on any atom is -0.482 e. The van der Waals surface area contributed by atoms with Crippen molar-refractivity contribution in [2.75, 3.05) is 58.0 Å². The highest BCUT2D eigenvalue weighted by atomic mass is 32.2. The Morgan fingerprint density at radius 3 is 1.51 bits per heavy atom. The van der Waals surface area contributed by atoms with Gasteiger partial charge in [0.1, 0.15) is 96.4 Å². The third-order valence-electron chi connectivity index (χ3n) is 25.1. The number of likely N-dealkylation sites (N-methyl/N-ethyl adjacent to an activating group) is 1.